The largest absolute Gasteiger partial charge is 0.485 e. The Kier molecular flexibility index (Phi) is 7.40. The SMILES string of the molecule is CS(=O)(=O)N1CC=CC(N)=C1Oc1cccc(C2CC(O)c3cc(OC4=C(N)C=CCN4S(C)(=O)=O)ccc3O2)c1. The number of nitrogens with two attached hydrogens (primary N) is 2. The van der Waals surface area contributed by atoms with Crippen molar-refractivity contribution in [1.29, 1.82) is 0 Å². The Morgan fingerprint density at radius 3 is 1.98 bits per heavy atom. The summed E-state index contributed by atoms with van der Waals surface area (Å²) in [6, 6.07) is 11.7. The zero-order valence-electron chi connectivity index (χ0n) is 22.3. The van der Waals surface area contributed by atoms with E-state index in [0.717, 1.165) is 21.1 Å². The molecule has 0 aromatic heterocycles. The van der Waals surface area contributed by atoms with Crippen LogP contribution in [0.1, 0.15) is 29.8 Å². The Labute approximate surface area is 238 Å². The Morgan fingerprint density at radius 1 is 0.854 bits per heavy atom. The van der Waals surface area contributed by atoms with Gasteiger partial charge in [-0.3, -0.25) is 0 Å². The number of aliphatic hydroxyl groups excluding tert-OH is 1. The number of benzene rings is 2. The van der Waals surface area contributed by atoms with Crippen molar-refractivity contribution in [2.75, 3.05) is 25.6 Å². The Bertz CT molecular complexity index is 1710. The van der Waals surface area contributed by atoms with Crippen molar-refractivity contribution in [3.63, 3.8) is 0 Å². The molecular weight excluding hydrogens is 572 g/mol. The quantitative estimate of drug-likeness (QED) is 0.425. The average molecular weight is 603 g/mol. The van der Waals surface area contributed by atoms with Crippen LogP contribution >= 0.6 is 0 Å². The fourth-order valence-electron chi connectivity index (χ4n) is 4.63. The average Bonchev–Trinajstić information content (AvgIpc) is 2.90. The van der Waals surface area contributed by atoms with Crippen molar-refractivity contribution < 1.29 is 36.2 Å². The van der Waals surface area contributed by atoms with Crippen LogP contribution in [0.5, 0.6) is 17.2 Å². The smallest absolute Gasteiger partial charge is 0.234 e. The first-order valence-corrected chi connectivity index (χ1v) is 16.2. The molecule has 0 saturated heterocycles. The maximum atomic E-state index is 12.2. The first-order chi connectivity index (χ1) is 19.3. The molecule has 218 valence electrons. The molecule has 0 amide bonds. The number of rotatable bonds is 7. The van der Waals surface area contributed by atoms with Crippen LogP contribution in [0.2, 0.25) is 0 Å². The van der Waals surface area contributed by atoms with Crippen LogP contribution in [-0.4, -0.2) is 56.2 Å². The van der Waals surface area contributed by atoms with E-state index in [0.29, 0.717) is 22.6 Å². The van der Waals surface area contributed by atoms with Crippen LogP contribution in [0.15, 0.2) is 89.9 Å². The molecule has 0 aliphatic carbocycles. The summed E-state index contributed by atoms with van der Waals surface area (Å²) < 4.78 is 69.0. The first kappa shape index (κ1) is 28.4. The summed E-state index contributed by atoms with van der Waals surface area (Å²) in [5, 5.41) is 11.0. The lowest BCUT2D eigenvalue weighted by molar-refractivity contribution is 0.0652. The summed E-state index contributed by atoms with van der Waals surface area (Å²) in [6.45, 7) is 0.185. The molecule has 5 rings (SSSR count). The molecule has 3 aliphatic heterocycles. The number of sulfonamides is 2. The van der Waals surface area contributed by atoms with Crippen molar-refractivity contribution >= 4 is 20.0 Å². The summed E-state index contributed by atoms with van der Waals surface area (Å²) in [7, 11) is -7.25. The molecule has 2 atom stereocenters. The fourth-order valence-corrected chi connectivity index (χ4v) is 6.23. The predicted molar refractivity (Wildman–Crippen MR) is 151 cm³/mol. The van der Waals surface area contributed by atoms with E-state index in [-0.39, 0.29) is 48.4 Å². The van der Waals surface area contributed by atoms with Crippen molar-refractivity contribution in [3.8, 4) is 17.2 Å². The number of ether oxygens (including phenoxy) is 3. The lowest BCUT2D eigenvalue weighted by Gasteiger charge is -2.31. The predicted octanol–water partition coefficient (Wildman–Crippen LogP) is 1.92. The Morgan fingerprint density at radius 2 is 1.41 bits per heavy atom. The number of hydrogen-bond donors (Lipinski definition) is 3. The number of allylic oxidation sites excluding steroid dienone is 2. The summed E-state index contributed by atoms with van der Waals surface area (Å²) in [5.74, 6) is 1.04. The zero-order chi connectivity index (χ0) is 29.5. The van der Waals surface area contributed by atoms with Gasteiger partial charge in [-0.25, -0.2) is 25.4 Å². The Balaban J connectivity index is 1.36. The van der Waals surface area contributed by atoms with E-state index in [1.54, 1.807) is 60.7 Å². The number of fused-ring (bicyclic) bond motifs is 1. The lowest BCUT2D eigenvalue weighted by Crippen LogP contribution is -2.36. The van der Waals surface area contributed by atoms with Gasteiger partial charge in [0.25, 0.3) is 0 Å². The van der Waals surface area contributed by atoms with Gasteiger partial charge in [0.1, 0.15) is 23.4 Å². The molecule has 0 fully saturated rings. The Hall–Kier alpha value is -4.14. The molecule has 3 aliphatic rings. The molecule has 0 radical (unpaired) electrons. The molecule has 3 heterocycles. The van der Waals surface area contributed by atoms with Crippen LogP contribution in [0.3, 0.4) is 0 Å². The molecule has 41 heavy (non-hydrogen) atoms. The summed E-state index contributed by atoms with van der Waals surface area (Å²) in [6.07, 6.45) is 7.28. The van der Waals surface area contributed by atoms with Crippen LogP contribution in [0.4, 0.5) is 0 Å². The number of hydrogen-bond acceptors (Lipinski definition) is 10. The van der Waals surface area contributed by atoms with E-state index in [2.05, 4.69) is 0 Å². The molecule has 14 heteroatoms. The van der Waals surface area contributed by atoms with Crippen LogP contribution in [-0.2, 0) is 20.0 Å². The second-order valence-electron chi connectivity index (χ2n) is 9.75. The molecule has 0 spiro atoms. The lowest BCUT2D eigenvalue weighted by atomic mass is 9.95. The number of nitrogens with zero attached hydrogens (tertiary/aromatic N) is 2. The second kappa shape index (κ2) is 10.7. The molecule has 5 N–H and O–H groups in total. The van der Waals surface area contributed by atoms with Gasteiger partial charge < -0.3 is 30.8 Å². The van der Waals surface area contributed by atoms with Gasteiger partial charge in [0, 0.05) is 12.0 Å². The third-order valence-electron chi connectivity index (χ3n) is 6.59. The maximum absolute atomic E-state index is 12.2. The van der Waals surface area contributed by atoms with Gasteiger partial charge in [0.15, 0.2) is 0 Å². The molecular formula is C27H30N4O8S2. The highest BCUT2D eigenvalue weighted by Gasteiger charge is 2.31. The third kappa shape index (κ3) is 5.99. The van der Waals surface area contributed by atoms with E-state index in [1.807, 2.05) is 6.07 Å². The molecule has 0 bridgehead atoms. The highest BCUT2D eigenvalue weighted by Crippen LogP contribution is 2.43. The molecule has 2 aromatic carbocycles. The molecule has 12 nitrogen and oxygen atoms in total. The molecule has 2 aromatic rings. The third-order valence-corrected chi connectivity index (χ3v) is 8.82. The molecule has 0 saturated carbocycles. The number of aliphatic hydroxyl groups is 1. The molecule has 2 unspecified atom stereocenters. The highest BCUT2D eigenvalue weighted by atomic mass is 32.2. The minimum absolute atomic E-state index is 0.00766. The van der Waals surface area contributed by atoms with E-state index < -0.39 is 32.3 Å². The zero-order valence-corrected chi connectivity index (χ0v) is 23.9. The first-order valence-electron chi connectivity index (χ1n) is 12.5. The van der Waals surface area contributed by atoms with Crippen LogP contribution in [0, 0.1) is 0 Å². The topological polar surface area (TPSA) is 175 Å². The van der Waals surface area contributed by atoms with Crippen LogP contribution < -0.4 is 25.7 Å². The van der Waals surface area contributed by atoms with Gasteiger partial charge >= 0.3 is 0 Å². The normalized spacial score (nSPS) is 21.0. The van der Waals surface area contributed by atoms with Gasteiger partial charge in [0.05, 0.1) is 43.1 Å². The van der Waals surface area contributed by atoms with Crippen molar-refractivity contribution in [1.82, 2.24) is 8.61 Å². The minimum Gasteiger partial charge on any atom is -0.485 e. The van der Waals surface area contributed by atoms with Gasteiger partial charge in [-0.05, 0) is 48.0 Å². The van der Waals surface area contributed by atoms with Gasteiger partial charge in [-0.15, -0.1) is 0 Å². The minimum atomic E-state index is -3.63. The van der Waals surface area contributed by atoms with E-state index in [9.17, 15) is 21.9 Å². The van der Waals surface area contributed by atoms with E-state index >= 15 is 0 Å². The second-order valence-corrected chi connectivity index (χ2v) is 13.6. The summed E-state index contributed by atoms with van der Waals surface area (Å²) in [4.78, 5) is 0. The highest BCUT2D eigenvalue weighted by molar-refractivity contribution is 7.88. The standard InChI is InChI=1S/C27H30N4O8S2/c1-40(33,34)30-12-4-8-21(28)26(30)37-18-7-3-6-17(14-18)25-16-23(32)20-15-19(10-11-24(20)39-25)38-27-22(29)9-5-13-31(27)41(2,35)36/h3-11,14-15,23,25,32H,12-13,16,28-29H2,1-2H3. The van der Waals surface area contributed by atoms with Crippen molar-refractivity contribution in [2.45, 2.75) is 18.6 Å². The summed E-state index contributed by atoms with van der Waals surface area (Å²) in [5.41, 5.74) is 13.5. The van der Waals surface area contributed by atoms with Crippen LogP contribution in [0.25, 0.3) is 0 Å². The fraction of sp³-hybridized carbons (Fsp3) is 0.259. The monoisotopic (exact) mass is 602 g/mol. The maximum Gasteiger partial charge on any atom is 0.234 e. The summed E-state index contributed by atoms with van der Waals surface area (Å²) >= 11 is 0. The van der Waals surface area contributed by atoms with Gasteiger partial charge in [-0.2, -0.15) is 0 Å². The van der Waals surface area contributed by atoms with Crippen molar-refractivity contribution in [2.24, 2.45) is 11.5 Å². The van der Waals surface area contributed by atoms with Crippen molar-refractivity contribution in [3.05, 3.63) is 101 Å². The van der Waals surface area contributed by atoms with Gasteiger partial charge in [-0.1, -0.05) is 24.3 Å². The van der Waals surface area contributed by atoms with E-state index in [4.69, 9.17) is 25.7 Å². The van der Waals surface area contributed by atoms with Gasteiger partial charge in [0.2, 0.25) is 31.8 Å². The van der Waals surface area contributed by atoms with E-state index in [1.165, 1.54) is 0 Å².